The monoisotopic (exact) mass is 243 g/mol. The molecule has 1 rings (SSSR count). The average molecular weight is 243 g/mol. The van der Waals surface area contributed by atoms with Crippen LogP contribution in [0.2, 0.25) is 0 Å². The molecule has 1 fully saturated rings. The molecule has 1 heterocycles. The van der Waals surface area contributed by atoms with E-state index in [0.717, 1.165) is 32.4 Å². The van der Waals surface area contributed by atoms with E-state index in [1.165, 1.54) is 0 Å². The summed E-state index contributed by atoms with van der Waals surface area (Å²) in [6.07, 6.45) is 3.26. The van der Waals surface area contributed by atoms with E-state index in [1.54, 1.807) is 0 Å². The molecule has 0 saturated carbocycles. The van der Waals surface area contributed by atoms with Crippen molar-refractivity contribution in [1.82, 2.24) is 4.90 Å². The summed E-state index contributed by atoms with van der Waals surface area (Å²) in [7, 11) is 0. The summed E-state index contributed by atoms with van der Waals surface area (Å²) in [6, 6.07) is 0.432. The Kier molecular flexibility index (Phi) is 5.92. The van der Waals surface area contributed by atoms with Crippen LogP contribution in [0.15, 0.2) is 0 Å². The van der Waals surface area contributed by atoms with Gasteiger partial charge >= 0.3 is 5.97 Å². The van der Waals surface area contributed by atoms with Crippen molar-refractivity contribution in [2.45, 2.75) is 64.7 Å². The van der Waals surface area contributed by atoms with E-state index in [9.17, 15) is 9.90 Å². The first kappa shape index (κ1) is 14.5. The van der Waals surface area contributed by atoms with Crippen LogP contribution in [-0.2, 0) is 9.53 Å². The maximum atomic E-state index is 11.4. The summed E-state index contributed by atoms with van der Waals surface area (Å²) in [4.78, 5) is 13.7. The normalized spacial score (nSPS) is 23.0. The van der Waals surface area contributed by atoms with Crippen molar-refractivity contribution in [3.63, 3.8) is 0 Å². The number of hydrogen-bond donors (Lipinski definition) is 1. The molecule has 2 atom stereocenters. The number of aliphatic hydroxyl groups is 1. The summed E-state index contributed by atoms with van der Waals surface area (Å²) < 4.78 is 5.11. The van der Waals surface area contributed by atoms with E-state index in [-0.39, 0.29) is 18.2 Å². The number of carbonyl (C=O) groups is 1. The highest BCUT2D eigenvalue weighted by atomic mass is 16.5. The molecule has 0 bridgehead atoms. The van der Waals surface area contributed by atoms with Crippen LogP contribution in [0.25, 0.3) is 0 Å². The van der Waals surface area contributed by atoms with E-state index in [2.05, 4.69) is 4.90 Å². The molecular formula is C13H25NO3. The SMILES string of the molecule is CC(O)CC1CCCN1CCC(=O)OC(C)C. The van der Waals surface area contributed by atoms with Crippen molar-refractivity contribution in [2.75, 3.05) is 13.1 Å². The lowest BCUT2D eigenvalue weighted by Crippen LogP contribution is -2.34. The first-order valence-corrected chi connectivity index (χ1v) is 6.60. The third kappa shape index (κ3) is 5.50. The second kappa shape index (κ2) is 6.97. The summed E-state index contributed by atoms with van der Waals surface area (Å²) in [6.45, 7) is 7.34. The zero-order chi connectivity index (χ0) is 12.8. The number of aliphatic hydroxyl groups excluding tert-OH is 1. The Morgan fingerprint density at radius 2 is 2.18 bits per heavy atom. The Hall–Kier alpha value is -0.610. The Labute approximate surface area is 104 Å². The molecule has 0 aromatic rings. The van der Waals surface area contributed by atoms with E-state index in [4.69, 9.17) is 4.74 Å². The van der Waals surface area contributed by atoms with Crippen LogP contribution < -0.4 is 0 Å². The molecule has 0 spiro atoms. The van der Waals surface area contributed by atoms with Gasteiger partial charge in [0.1, 0.15) is 0 Å². The van der Waals surface area contributed by atoms with Crippen molar-refractivity contribution in [3.8, 4) is 0 Å². The number of hydrogen-bond acceptors (Lipinski definition) is 4. The molecule has 17 heavy (non-hydrogen) atoms. The van der Waals surface area contributed by atoms with Gasteiger partial charge in [-0.1, -0.05) is 0 Å². The van der Waals surface area contributed by atoms with Gasteiger partial charge in [0.15, 0.2) is 0 Å². The average Bonchev–Trinajstić information content (AvgIpc) is 2.60. The van der Waals surface area contributed by atoms with Gasteiger partial charge in [0, 0.05) is 12.6 Å². The smallest absolute Gasteiger partial charge is 0.307 e. The van der Waals surface area contributed by atoms with Crippen molar-refractivity contribution < 1.29 is 14.6 Å². The lowest BCUT2D eigenvalue weighted by Gasteiger charge is -2.25. The molecule has 4 heteroatoms. The predicted octanol–water partition coefficient (Wildman–Crippen LogP) is 1.56. The van der Waals surface area contributed by atoms with Crippen molar-refractivity contribution in [2.24, 2.45) is 0 Å². The summed E-state index contributed by atoms with van der Waals surface area (Å²) in [5, 5.41) is 9.41. The molecule has 0 aromatic heterocycles. The van der Waals surface area contributed by atoms with E-state index < -0.39 is 0 Å². The van der Waals surface area contributed by atoms with Crippen LogP contribution in [-0.4, -0.2) is 47.3 Å². The van der Waals surface area contributed by atoms with Gasteiger partial charge in [-0.25, -0.2) is 0 Å². The van der Waals surface area contributed by atoms with E-state index >= 15 is 0 Å². The molecule has 1 aliphatic rings. The van der Waals surface area contributed by atoms with Gasteiger partial charge in [-0.15, -0.1) is 0 Å². The second-order valence-corrected chi connectivity index (χ2v) is 5.21. The molecular weight excluding hydrogens is 218 g/mol. The standard InChI is InChI=1S/C13H25NO3/c1-10(2)17-13(16)6-8-14-7-4-5-12(14)9-11(3)15/h10-12,15H,4-9H2,1-3H3. The first-order chi connectivity index (χ1) is 7.99. The van der Waals surface area contributed by atoms with Gasteiger partial charge in [0.2, 0.25) is 0 Å². The van der Waals surface area contributed by atoms with Crippen LogP contribution in [0.1, 0.15) is 46.5 Å². The fourth-order valence-electron chi connectivity index (χ4n) is 2.41. The van der Waals surface area contributed by atoms with E-state index in [1.807, 2.05) is 20.8 Å². The number of ether oxygens (including phenoxy) is 1. The van der Waals surface area contributed by atoms with Crippen LogP contribution in [0, 0.1) is 0 Å². The van der Waals surface area contributed by atoms with Crippen molar-refractivity contribution in [1.29, 1.82) is 0 Å². The molecule has 1 aliphatic heterocycles. The minimum absolute atomic E-state index is 0.0330. The minimum Gasteiger partial charge on any atom is -0.463 e. The van der Waals surface area contributed by atoms with Gasteiger partial charge in [-0.2, -0.15) is 0 Å². The number of carbonyl (C=O) groups excluding carboxylic acids is 1. The topological polar surface area (TPSA) is 49.8 Å². The second-order valence-electron chi connectivity index (χ2n) is 5.21. The zero-order valence-corrected chi connectivity index (χ0v) is 11.2. The molecule has 4 nitrogen and oxygen atoms in total. The molecule has 0 amide bonds. The quantitative estimate of drug-likeness (QED) is 0.719. The maximum Gasteiger partial charge on any atom is 0.307 e. The number of esters is 1. The van der Waals surface area contributed by atoms with Gasteiger partial charge in [-0.3, -0.25) is 9.69 Å². The highest BCUT2D eigenvalue weighted by Crippen LogP contribution is 2.21. The van der Waals surface area contributed by atoms with Crippen LogP contribution in [0.3, 0.4) is 0 Å². The lowest BCUT2D eigenvalue weighted by atomic mass is 10.1. The Morgan fingerprint density at radius 3 is 2.76 bits per heavy atom. The van der Waals surface area contributed by atoms with Crippen LogP contribution in [0.5, 0.6) is 0 Å². The van der Waals surface area contributed by atoms with E-state index in [0.29, 0.717) is 12.5 Å². The van der Waals surface area contributed by atoms with Gasteiger partial charge < -0.3 is 9.84 Å². The Morgan fingerprint density at radius 1 is 1.47 bits per heavy atom. The third-order valence-electron chi connectivity index (χ3n) is 3.08. The first-order valence-electron chi connectivity index (χ1n) is 6.60. The van der Waals surface area contributed by atoms with Crippen molar-refractivity contribution in [3.05, 3.63) is 0 Å². The highest BCUT2D eigenvalue weighted by molar-refractivity contribution is 5.69. The van der Waals surface area contributed by atoms with Gasteiger partial charge in [0.05, 0.1) is 18.6 Å². The predicted molar refractivity (Wildman–Crippen MR) is 66.7 cm³/mol. The molecule has 1 saturated heterocycles. The largest absolute Gasteiger partial charge is 0.463 e. The number of likely N-dealkylation sites (tertiary alicyclic amines) is 1. The molecule has 0 aliphatic carbocycles. The van der Waals surface area contributed by atoms with Crippen LogP contribution in [0.4, 0.5) is 0 Å². The van der Waals surface area contributed by atoms with Gasteiger partial charge in [0.25, 0.3) is 0 Å². The molecule has 1 N–H and O–H groups in total. The van der Waals surface area contributed by atoms with Crippen molar-refractivity contribution >= 4 is 5.97 Å². The molecule has 2 unspecified atom stereocenters. The Bertz CT molecular complexity index is 241. The number of nitrogens with zero attached hydrogens (tertiary/aromatic N) is 1. The third-order valence-corrected chi connectivity index (χ3v) is 3.08. The van der Waals surface area contributed by atoms with Gasteiger partial charge in [-0.05, 0) is 46.6 Å². The zero-order valence-electron chi connectivity index (χ0n) is 11.2. The highest BCUT2D eigenvalue weighted by Gasteiger charge is 2.25. The number of rotatable bonds is 6. The molecule has 0 radical (unpaired) electrons. The minimum atomic E-state index is -0.261. The summed E-state index contributed by atoms with van der Waals surface area (Å²) >= 11 is 0. The maximum absolute atomic E-state index is 11.4. The molecule has 0 aromatic carbocycles. The summed E-state index contributed by atoms with van der Waals surface area (Å²) in [5.41, 5.74) is 0. The fraction of sp³-hybridized carbons (Fsp3) is 0.923. The fourth-order valence-corrected chi connectivity index (χ4v) is 2.41. The molecule has 100 valence electrons. The van der Waals surface area contributed by atoms with Crippen LogP contribution >= 0.6 is 0 Å². The lowest BCUT2D eigenvalue weighted by molar-refractivity contribution is -0.147. The summed E-state index contributed by atoms with van der Waals surface area (Å²) in [5.74, 6) is -0.123. The Balaban J connectivity index is 2.27.